The molecule has 0 bridgehead atoms. The monoisotopic (exact) mass is 301 g/mol. The molecule has 2 heterocycles. The number of aromatic nitrogens is 2. The Bertz CT molecular complexity index is 938. The first kappa shape index (κ1) is 13.5. The van der Waals surface area contributed by atoms with Crippen LogP contribution in [-0.2, 0) is 4.79 Å². The number of rotatable bonds is 3. The van der Waals surface area contributed by atoms with Crippen molar-refractivity contribution < 1.29 is 4.79 Å². The molecule has 3 aromatic rings. The molecule has 4 rings (SSSR count). The molecular formula is C19H15N3O. The number of carbonyl (C=O) groups is 1. The number of nitrogens with zero attached hydrogens (tertiary/aromatic N) is 3. The molecule has 0 atom stereocenters. The van der Waals surface area contributed by atoms with Crippen LogP contribution in [0.15, 0.2) is 73.5 Å². The Labute approximate surface area is 134 Å². The Morgan fingerprint density at radius 1 is 1.09 bits per heavy atom. The zero-order valence-electron chi connectivity index (χ0n) is 12.5. The first-order valence-corrected chi connectivity index (χ1v) is 7.46. The van der Waals surface area contributed by atoms with Crippen molar-refractivity contribution >= 4 is 28.2 Å². The predicted octanol–water partition coefficient (Wildman–Crippen LogP) is 3.46. The molecule has 0 radical (unpaired) electrons. The van der Waals surface area contributed by atoms with E-state index >= 15 is 0 Å². The van der Waals surface area contributed by atoms with E-state index in [2.05, 4.69) is 11.7 Å². The zero-order valence-corrected chi connectivity index (χ0v) is 12.5. The minimum Gasteiger partial charge on any atom is -0.303 e. The third-order valence-corrected chi connectivity index (χ3v) is 4.00. The fourth-order valence-corrected chi connectivity index (χ4v) is 2.97. The van der Waals surface area contributed by atoms with Crippen molar-refractivity contribution in [1.82, 2.24) is 9.78 Å². The average Bonchev–Trinajstić information content (AvgIpc) is 2.97. The number of anilines is 1. The lowest BCUT2D eigenvalue weighted by Gasteiger charge is -2.19. The predicted molar refractivity (Wildman–Crippen MR) is 92.1 cm³/mol. The van der Waals surface area contributed by atoms with E-state index in [0.717, 1.165) is 27.9 Å². The van der Waals surface area contributed by atoms with E-state index in [0.29, 0.717) is 6.54 Å². The topological polar surface area (TPSA) is 38.1 Å². The van der Waals surface area contributed by atoms with Gasteiger partial charge in [0.1, 0.15) is 0 Å². The first-order chi connectivity index (χ1) is 11.3. The number of para-hydroxylation sites is 1. The average molecular weight is 301 g/mol. The van der Waals surface area contributed by atoms with Crippen molar-refractivity contribution in [1.29, 1.82) is 0 Å². The van der Waals surface area contributed by atoms with Crippen molar-refractivity contribution in [3.8, 4) is 0 Å². The molecule has 0 N–H and O–H groups in total. The molecule has 0 saturated heterocycles. The van der Waals surface area contributed by atoms with Crippen LogP contribution in [0.5, 0.6) is 0 Å². The standard InChI is InChI=1S/C19H15N3O/c1-2-11-21-16-10-6-9-15-13-20-22(19(15)16)17(12-18(21)23)14-7-4-3-5-8-14/h2-10,12-13H,1,11H2. The molecule has 1 aliphatic rings. The van der Waals surface area contributed by atoms with Crippen LogP contribution in [0.1, 0.15) is 5.56 Å². The minimum atomic E-state index is -0.0678. The van der Waals surface area contributed by atoms with Gasteiger partial charge in [0.2, 0.25) is 0 Å². The molecule has 0 spiro atoms. The number of hydrogen-bond donors (Lipinski definition) is 0. The van der Waals surface area contributed by atoms with Gasteiger partial charge in [0.25, 0.3) is 5.91 Å². The number of hydrogen-bond acceptors (Lipinski definition) is 2. The second-order valence-corrected chi connectivity index (χ2v) is 5.40. The molecule has 112 valence electrons. The van der Waals surface area contributed by atoms with Crippen molar-refractivity contribution in [3.63, 3.8) is 0 Å². The molecule has 0 unspecified atom stereocenters. The first-order valence-electron chi connectivity index (χ1n) is 7.46. The van der Waals surface area contributed by atoms with Gasteiger partial charge in [0.05, 0.1) is 23.1 Å². The van der Waals surface area contributed by atoms with Crippen LogP contribution in [0.3, 0.4) is 0 Å². The summed E-state index contributed by atoms with van der Waals surface area (Å²) in [6.45, 7) is 4.23. The largest absolute Gasteiger partial charge is 0.303 e. The van der Waals surface area contributed by atoms with Crippen molar-refractivity contribution in [2.24, 2.45) is 0 Å². The smallest absolute Gasteiger partial charge is 0.253 e. The number of benzene rings is 2. The highest BCUT2D eigenvalue weighted by atomic mass is 16.2. The SMILES string of the molecule is C=CCN1C(=O)C=C(c2ccccc2)n2ncc3cccc1c32. The molecule has 0 aliphatic carbocycles. The summed E-state index contributed by atoms with van der Waals surface area (Å²) in [5.74, 6) is -0.0678. The van der Waals surface area contributed by atoms with Gasteiger partial charge in [-0.1, -0.05) is 48.5 Å². The summed E-state index contributed by atoms with van der Waals surface area (Å²) >= 11 is 0. The van der Waals surface area contributed by atoms with Gasteiger partial charge in [-0.2, -0.15) is 5.10 Å². The fraction of sp³-hybridized carbons (Fsp3) is 0.0526. The molecule has 0 saturated carbocycles. The second-order valence-electron chi connectivity index (χ2n) is 5.40. The summed E-state index contributed by atoms with van der Waals surface area (Å²) in [4.78, 5) is 14.5. The van der Waals surface area contributed by atoms with Gasteiger partial charge < -0.3 is 4.90 Å². The van der Waals surface area contributed by atoms with Crippen LogP contribution in [0.4, 0.5) is 5.69 Å². The highest BCUT2D eigenvalue weighted by Gasteiger charge is 2.24. The Balaban J connectivity index is 2.04. The van der Waals surface area contributed by atoms with Gasteiger partial charge in [-0.15, -0.1) is 6.58 Å². The van der Waals surface area contributed by atoms with E-state index in [9.17, 15) is 4.79 Å². The molecule has 2 aromatic carbocycles. The lowest BCUT2D eigenvalue weighted by atomic mass is 10.1. The molecular weight excluding hydrogens is 286 g/mol. The maximum atomic E-state index is 12.8. The third-order valence-electron chi connectivity index (χ3n) is 4.00. The van der Waals surface area contributed by atoms with E-state index in [4.69, 9.17) is 0 Å². The van der Waals surface area contributed by atoms with Crippen LogP contribution < -0.4 is 4.90 Å². The Morgan fingerprint density at radius 2 is 1.91 bits per heavy atom. The highest BCUT2D eigenvalue weighted by molar-refractivity contribution is 6.13. The van der Waals surface area contributed by atoms with Crippen LogP contribution in [-0.4, -0.2) is 22.2 Å². The van der Waals surface area contributed by atoms with Gasteiger partial charge in [-0.3, -0.25) is 4.79 Å². The van der Waals surface area contributed by atoms with Crippen LogP contribution in [0.2, 0.25) is 0 Å². The molecule has 4 heteroatoms. The fourth-order valence-electron chi connectivity index (χ4n) is 2.97. The van der Waals surface area contributed by atoms with Gasteiger partial charge >= 0.3 is 0 Å². The van der Waals surface area contributed by atoms with Crippen molar-refractivity contribution in [2.75, 3.05) is 11.4 Å². The van der Waals surface area contributed by atoms with Crippen molar-refractivity contribution in [2.45, 2.75) is 0 Å². The van der Waals surface area contributed by atoms with Crippen LogP contribution in [0, 0.1) is 0 Å². The summed E-state index contributed by atoms with van der Waals surface area (Å²) in [6.07, 6.45) is 5.21. The Hall–Kier alpha value is -3.14. The Kier molecular flexibility index (Phi) is 3.08. The Morgan fingerprint density at radius 3 is 2.70 bits per heavy atom. The normalized spacial score (nSPS) is 13.8. The van der Waals surface area contributed by atoms with E-state index in [1.165, 1.54) is 0 Å². The van der Waals surface area contributed by atoms with Gasteiger partial charge in [0.15, 0.2) is 0 Å². The highest BCUT2D eigenvalue weighted by Crippen LogP contribution is 2.33. The molecule has 0 fully saturated rings. The lowest BCUT2D eigenvalue weighted by Crippen LogP contribution is -2.29. The van der Waals surface area contributed by atoms with Crippen LogP contribution in [0.25, 0.3) is 16.6 Å². The zero-order chi connectivity index (χ0) is 15.8. The second kappa shape index (κ2) is 5.25. The lowest BCUT2D eigenvalue weighted by molar-refractivity contribution is -0.114. The quantitative estimate of drug-likeness (QED) is 0.695. The minimum absolute atomic E-state index is 0.0678. The van der Waals surface area contributed by atoms with Gasteiger partial charge in [-0.25, -0.2) is 4.68 Å². The van der Waals surface area contributed by atoms with E-state index in [1.807, 2.05) is 59.4 Å². The van der Waals surface area contributed by atoms with E-state index in [-0.39, 0.29) is 5.91 Å². The van der Waals surface area contributed by atoms with E-state index < -0.39 is 0 Å². The number of amides is 1. The third kappa shape index (κ3) is 2.07. The maximum Gasteiger partial charge on any atom is 0.253 e. The van der Waals surface area contributed by atoms with Crippen LogP contribution >= 0.6 is 0 Å². The summed E-state index contributed by atoms with van der Waals surface area (Å²) < 4.78 is 1.85. The van der Waals surface area contributed by atoms with Crippen molar-refractivity contribution in [3.05, 3.63) is 79.0 Å². The van der Waals surface area contributed by atoms with Gasteiger partial charge in [-0.05, 0) is 6.07 Å². The summed E-state index contributed by atoms with van der Waals surface area (Å²) in [6, 6.07) is 15.7. The molecule has 4 nitrogen and oxygen atoms in total. The summed E-state index contributed by atoms with van der Waals surface area (Å²) in [5.41, 5.74) is 3.54. The molecule has 1 aromatic heterocycles. The summed E-state index contributed by atoms with van der Waals surface area (Å²) in [7, 11) is 0. The summed E-state index contributed by atoms with van der Waals surface area (Å²) in [5, 5.41) is 5.52. The maximum absolute atomic E-state index is 12.8. The van der Waals surface area contributed by atoms with E-state index in [1.54, 1.807) is 17.1 Å². The van der Waals surface area contributed by atoms with Gasteiger partial charge in [0, 0.05) is 23.6 Å². The molecule has 1 amide bonds. The number of carbonyl (C=O) groups excluding carboxylic acids is 1. The molecule has 23 heavy (non-hydrogen) atoms. The molecule has 1 aliphatic heterocycles.